The fraction of sp³-hybridized carbons (Fsp3) is 0.0417. The van der Waals surface area contributed by atoms with Crippen LogP contribution >= 0.6 is 0 Å². The molecule has 0 aliphatic carbocycles. The summed E-state index contributed by atoms with van der Waals surface area (Å²) in [4.78, 5) is 4.71. The molecular formula is C24H20N4. The number of benzene rings is 3. The fourth-order valence-electron chi connectivity index (χ4n) is 3.14. The van der Waals surface area contributed by atoms with E-state index in [2.05, 4.69) is 34.5 Å². The van der Waals surface area contributed by atoms with Crippen LogP contribution < -0.4 is 5.73 Å². The van der Waals surface area contributed by atoms with Crippen LogP contribution in [0.2, 0.25) is 0 Å². The van der Waals surface area contributed by atoms with Gasteiger partial charge < -0.3 is 5.73 Å². The number of fused-ring (bicyclic) bond motifs is 1. The maximum atomic E-state index is 5.86. The highest BCUT2D eigenvalue weighted by Crippen LogP contribution is 2.27. The Morgan fingerprint density at radius 3 is 2.04 bits per heavy atom. The standard InChI is InChI=1S/C24H20N4/c25-17-23-24(21-13-7-8-14-22(21)27-28-23)26-16-15-20(18-9-3-1-4-10-18)19-11-5-2-6-12-19/h1-16H,17,25H2/b26-16+. The van der Waals surface area contributed by atoms with Crippen LogP contribution in [0.5, 0.6) is 0 Å². The monoisotopic (exact) mass is 364 g/mol. The molecule has 4 rings (SSSR count). The molecule has 0 fully saturated rings. The van der Waals surface area contributed by atoms with E-state index in [-0.39, 0.29) is 0 Å². The van der Waals surface area contributed by atoms with Crippen molar-refractivity contribution in [2.75, 3.05) is 0 Å². The van der Waals surface area contributed by atoms with Gasteiger partial charge in [0.1, 0.15) is 5.69 Å². The summed E-state index contributed by atoms with van der Waals surface area (Å²) in [5, 5.41) is 9.41. The average molecular weight is 364 g/mol. The number of allylic oxidation sites excluding steroid dienone is 1. The van der Waals surface area contributed by atoms with Gasteiger partial charge in [0.25, 0.3) is 0 Å². The fourth-order valence-corrected chi connectivity index (χ4v) is 3.14. The zero-order valence-electron chi connectivity index (χ0n) is 15.4. The molecule has 1 aromatic heterocycles. The lowest BCUT2D eigenvalue weighted by molar-refractivity contribution is 0.920. The molecule has 4 heteroatoms. The van der Waals surface area contributed by atoms with Crippen molar-refractivity contribution in [2.45, 2.75) is 6.54 Å². The van der Waals surface area contributed by atoms with Crippen molar-refractivity contribution >= 4 is 28.4 Å². The number of aliphatic imine (C=N–C) groups is 1. The van der Waals surface area contributed by atoms with Crippen molar-refractivity contribution in [2.24, 2.45) is 10.7 Å². The molecule has 0 atom stereocenters. The third kappa shape index (κ3) is 3.72. The van der Waals surface area contributed by atoms with Crippen molar-refractivity contribution in [3.05, 3.63) is 108 Å². The second-order valence-electron chi connectivity index (χ2n) is 6.31. The molecule has 0 saturated heterocycles. The number of aromatic nitrogens is 2. The van der Waals surface area contributed by atoms with E-state index < -0.39 is 0 Å². The summed E-state index contributed by atoms with van der Waals surface area (Å²) in [6.07, 6.45) is 3.85. The van der Waals surface area contributed by atoms with Crippen molar-refractivity contribution in [1.82, 2.24) is 10.2 Å². The van der Waals surface area contributed by atoms with Crippen LogP contribution in [0.4, 0.5) is 5.69 Å². The zero-order chi connectivity index (χ0) is 19.2. The van der Waals surface area contributed by atoms with E-state index in [0.717, 1.165) is 33.3 Å². The van der Waals surface area contributed by atoms with Gasteiger partial charge in [0.15, 0.2) is 0 Å². The van der Waals surface area contributed by atoms with Crippen LogP contribution in [-0.2, 0) is 6.54 Å². The first-order chi connectivity index (χ1) is 13.9. The summed E-state index contributed by atoms with van der Waals surface area (Å²) >= 11 is 0. The van der Waals surface area contributed by atoms with Gasteiger partial charge in [-0.1, -0.05) is 78.9 Å². The van der Waals surface area contributed by atoms with Gasteiger partial charge >= 0.3 is 0 Å². The summed E-state index contributed by atoms with van der Waals surface area (Å²) in [6.45, 7) is 0.290. The van der Waals surface area contributed by atoms with Crippen LogP contribution in [0, 0.1) is 0 Å². The van der Waals surface area contributed by atoms with Crippen LogP contribution in [0.3, 0.4) is 0 Å². The lowest BCUT2D eigenvalue weighted by Gasteiger charge is -2.08. The quantitative estimate of drug-likeness (QED) is 0.511. The minimum atomic E-state index is 0.290. The molecule has 1 heterocycles. The van der Waals surface area contributed by atoms with Gasteiger partial charge in [-0.3, -0.25) is 4.99 Å². The van der Waals surface area contributed by atoms with Crippen LogP contribution in [0.1, 0.15) is 16.8 Å². The van der Waals surface area contributed by atoms with E-state index in [9.17, 15) is 0 Å². The highest BCUT2D eigenvalue weighted by Gasteiger charge is 2.08. The van der Waals surface area contributed by atoms with E-state index in [4.69, 9.17) is 10.7 Å². The first-order valence-corrected chi connectivity index (χ1v) is 9.16. The van der Waals surface area contributed by atoms with Crippen molar-refractivity contribution in [3.63, 3.8) is 0 Å². The Hall–Kier alpha value is -3.63. The molecule has 4 aromatic rings. The first kappa shape index (κ1) is 17.8. The predicted molar refractivity (Wildman–Crippen MR) is 116 cm³/mol. The Labute approximate surface area is 164 Å². The second-order valence-corrected chi connectivity index (χ2v) is 6.31. The van der Waals surface area contributed by atoms with E-state index in [1.807, 2.05) is 73.0 Å². The number of rotatable bonds is 5. The number of hydrogen-bond donors (Lipinski definition) is 1. The first-order valence-electron chi connectivity index (χ1n) is 9.16. The van der Waals surface area contributed by atoms with Gasteiger partial charge in [0.05, 0.1) is 11.2 Å². The molecule has 0 saturated carbocycles. The number of hydrogen-bond acceptors (Lipinski definition) is 4. The van der Waals surface area contributed by atoms with Crippen LogP contribution in [-0.4, -0.2) is 16.4 Å². The molecule has 0 spiro atoms. The topological polar surface area (TPSA) is 64.2 Å². The summed E-state index contributed by atoms with van der Waals surface area (Å²) in [6, 6.07) is 28.4. The smallest absolute Gasteiger partial charge is 0.103 e. The molecule has 0 amide bonds. The molecular weight excluding hydrogens is 344 g/mol. The number of nitrogens with zero attached hydrogens (tertiary/aromatic N) is 3. The molecule has 28 heavy (non-hydrogen) atoms. The van der Waals surface area contributed by atoms with Gasteiger partial charge in [0, 0.05) is 18.1 Å². The van der Waals surface area contributed by atoms with Crippen molar-refractivity contribution in [3.8, 4) is 0 Å². The van der Waals surface area contributed by atoms with Crippen molar-refractivity contribution in [1.29, 1.82) is 0 Å². The van der Waals surface area contributed by atoms with E-state index in [1.165, 1.54) is 0 Å². The third-order valence-corrected chi connectivity index (χ3v) is 4.52. The summed E-state index contributed by atoms with van der Waals surface area (Å²) in [5.74, 6) is 0. The molecule has 136 valence electrons. The Morgan fingerprint density at radius 1 is 0.786 bits per heavy atom. The average Bonchev–Trinajstić information content (AvgIpc) is 2.78. The second kappa shape index (κ2) is 8.37. The maximum absolute atomic E-state index is 5.86. The molecule has 0 aliphatic rings. The molecule has 4 nitrogen and oxygen atoms in total. The summed E-state index contributed by atoms with van der Waals surface area (Å²) in [5.41, 5.74) is 11.5. The number of nitrogens with two attached hydrogens (primary N) is 1. The van der Waals surface area contributed by atoms with Crippen molar-refractivity contribution < 1.29 is 0 Å². The minimum absolute atomic E-state index is 0.290. The summed E-state index contributed by atoms with van der Waals surface area (Å²) < 4.78 is 0. The van der Waals surface area contributed by atoms with Crippen LogP contribution in [0.15, 0.2) is 96.0 Å². The minimum Gasteiger partial charge on any atom is -0.325 e. The van der Waals surface area contributed by atoms with E-state index >= 15 is 0 Å². The molecule has 0 unspecified atom stereocenters. The molecule has 0 radical (unpaired) electrons. The Morgan fingerprint density at radius 2 is 1.39 bits per heavy atom. The highest BCUT2D eigenvalue weighted by atomic mass is 15.1. The molecule has 2 N–H and O–H groups in total. The van der Waals surface area contributed by atoms with Gasteiger partial charge in [0.2, 0.25) is 0 Å². The largest absolute Gasteiger partial charge is 0.325 e. The van der Waals surface area contributed by atoms with Gasteiger partial charge in [-0.2, -0.15) is 10.2 Å². The van der Waals surface area contributed by atoms with Gasteiger partial charge in [-0.05, 0) is 28.8 Å². The maximum Gasteiger partial charge on any atom is 0.103 e. The lowest BCUT2D eigenvalue weighted by Crippen LogP contribution is -2.02. The molecule has 3 aromatic carbocycles. The Kier molecular flexibility index (Phi) is 5.31. The SMILES string of the molecule is NCc1nnc2ccccc2c1/N=C/C=C(c1ccccc1)c1ccccc1. The normalized spacial score (nSPS) is 11.0. The Bertz CT molecular complexity index is 1090. The van der Waals surface area contributed by atoms with E-state index in [1.54, 1.807) is 0 Å². The van der Waals surface area contributed by atoms with Crippen LogP contribution in [0.25, 0.3) is 16.5 Å². The Balaban J connectivity index is 1.79. The van der Waals surface area contributed by atoms with E-state index in [0.29, 0.717) is 12.2 Å². The third-order valence-electron chi connectivity index (χ3n) is 4.52. The summed E-state index contributed by atoms with van der Waals surface area (Å²) in [7, 11) is 0. The lowest BCUT2D eigenvalue weighted by atomic mass is 9.98. The predicted octanol–water partition coefficient (Wildman–Crippen LogP) is 4.92. The molecule has 0 bridgehead atoms. The van der Waals surface area contributed by atoms with Gasteiger partial charge in [-0.25, -0.2) is 0 Å². The molecule has 0 aliphatic heterocycles. The van der Waals surface area contributed by atoms with Gasteiger partial charge in [-0.15, -0.1) is 0 Å². The highest BCUT2D eigenvalue weighted by molar-refractivity contribution is 5.96. The zero-order valence-corrected chi connectivity index (χ0v) is 15.4.